The minimum Gasteiger partial charge on any atom is -0.493 e. The van der Waals surface area contributed by atoms with Gasteiger partial charge in [-0.25, -0.2) is 11.7 Å². The fourth-order valence-electron chi connectivity index (χ4n) is 1.70. The Kier molecular flexibility index (Phi) is 6.37. The molecule has 0 unspecified atom stereocenters. The van der Waals surface area contributed by atoms with Gasteiger partial charge in [-0.15, -0.1) is 0 Å². The second kappa shape index (κ2) is 7.78. The molecule has 0 spiro atoms. The summed E-state index contributed by atoms with van der Waals surface area (Å²) < 4.78 is 15.9. The smallest absolute Gasteiger partial charge is 0.205 e. The predicted octanol–water partition coefficient (Wildman–Crippen LogP) is 0.0152. The number of methoxy groups -OCH3 is 3. The molecule has 8 nitrogen and oxygen atoms in total. The van der Waals surface area contributed by atoms with Gasteiger partial charge in [0.25, 0.3) is 0 Å². The van der Waals surface area contributed by atoms with Crippen molar-refractivity contribution in [2.24, 2.45) is 11.7 Å². The molecule has 0 aromatic heterocycles. The van der Waals surface area contributed by atoms with E-state index in [9.17, 15) is 0 Å². The van der Waals surface area contributed by atoms with Gasteiger partial charge in [-0.2, -0.15) is 0 Å². The van der Waals surface area contributed by atoms with Gasteiger partial charge in [0.05, 0.1) is 27.0 Å². The van der Waals surface area contributed by atoms with E-state index in [1.165, 1.54) is 26.2 Å². The number of thiocarbonyl (C=S) groups is 2. The number of rotatable bonds is 4. The molecule has 0 heterocycles. The zero-order chi connectivity index (χ0) is 16.0. The maximum Gasteiger partial charge on any atom is 0.205 e. The molecule has 0 bridgehead atoms. The molecule has 0 saturated heterocycles. The second-order valence-corrected chi connectivity index (χ2v) is 4.36. The topological polar surface area (TPSA) is 107 Å². The predicted molar refractivity (Wildman–Crippen MR) is 88.4 cm³/mol. The van der Waals surface area contributed by atoms with Crippen LogP contribution in [-0.2, 0) is 0 Å². The van der Waals surface area contributed by atoms with Crippen molar-refractivity contribution >= 4 is 40.3 Å². The minimum absolute atomic E-state index is 0.128. The lowest BCUT2D eigenvalue weighted by atomic mass is 10.2. The molecule has 1 aromatic rings. The van der Waals surface area contributed by atoms with E-state index in [-0.39, 0.29) is 10.2 Å². The summed E-state index contributed by atoms with van der Waals surface area (Å²) in [6, 6.07) is 3.37. The van der Waals surface area contributed by atoms with Gasteiger partial charge in [0.1, 0.15) is 0 Å². The number of anilines is 1. The molecule has 10 heteroatoms. The maximum atomic E-state index is 5.38. The van der Waals surface area contributed by atoms with Crippen LogP contribution >= 0.6 is 24.4 Å². The molecule has 0 fully saturated rings. The van der Waals surface area contributed by atoms with E-state index in [4.69, 9.17) is 50.3 Å². The normalized spacial score (nSPS) is 9.57. The first kappa shape index (κ1) is 17.2. The van der Waals surface area contributed by atoms with Crippen LogP contribution in [0.2, 0.25) is 0 Å². The summed E-state index contributed by atoms with van der Waals surface area (Å²) >= 11 is 10.3. The van der Waals surface area contributed by atoms with E-state index < -0.39 is 0 Å². The van der Waals surface area contributed by atoms with Gasteiger partial charge in [-0.1, -0.05) is 0 Å². The van der Waals surface area contributed by atoms with Crippen molar-refractivity contribution in [1.82, 2.24) is 10.9 Å². The third-order valence-corrected chi connectivity index (χ3v) is 3.18. The first-order valence-corrected chi connectivity index (χ1v) is 6.47. The average Bonchev–Trinajstić information content (AvgIpc) is 2.53. The van der Waals surface area contributed by atoms with Gasteiger partial charge in [0.15, 0.2) is 21.7 Å². The Bertz CT molecular complexity index is 525. The molecular weight excluding hydrogens is 314 g/mol. The average molecular weight is 331 g/mol. The lowest BCUT2D eigenvalue weighted by Crippen LogP contribution is -2.52. The highest BCUT2D eigenvalue weighted by Gasteiger charge is 2.24. The molecular formula is C11H17N5O3S2. The molecule has 1 aromatic carbocycles. The summed E-state index contributed by atoms with van der Waals surface area (Å²) in [5.74, 6) is 12.0. The van der Waals surface area contributed by atoms with Crippen LogP contribution in [-0.4, -0.2) is 31.6 Å². The highest BCUT2D eigenvalue weighted by molar-refractivity contribution is 7.82. The number of benzene rings is 1. The number of nitrogens with two attached hydrogens (primary N) is 2. The van der Waals surface area contributed by atoms with Crippen molar-refractivity contribution < 1.29 is 14.2 Å². The number of ether oxygens (including phenoxy) is 3. The highest BCUT2D eigenvalue weighted by Crippen LogP contribution is 2.44. The number of nitrogens with one attached hydrogen (secondary N) is 2. The monoisotopic (exact) mass is 331 g/mol. The summed E-state index contributed by atoms with van der Waals surface area (Å²) in [6.45, 7) is 0. The molecule has 0 saturated carbocycles. The third kappa shape index (κ3) is 3.42. The van der Waals surface area contributed by atoms with Gasteiger partial charge >= 0.3 is 0 Å². The van der Waals surface area contributed by atoms with Crippen LogP contribution in [0.15, 0.2) is 12.1 Å². The van der Waals surface area contributed by atoms with E-state index in [0.717, 1.165) is 0 Å². The maximum absolute atomic E-state index is 5.38. The first-order chi connectivity index (χ1) is 10.0. The number of hydrogen-bond acceptors (Lipinski definition) is 7. The van der Waals surface area contributed by atoms with Crippen molar-refractivity contribution in [1.29, 1.82) is 0 Å². The van der Waals surface area contributed by atoms with E-state index in [0.29, 0.717) is 22.9 Å². The second-order valence-electron chi connectivity index (χ2n) is 3.59. The van der Waals surface area contributed by atoms with Crippen molar-refractivity contribution in [3.63, 3.8) is 0 Å². The van der Waals surface area contributed by atoms with Crippen LogP contribution < -0.4 is 41.6 Å². The van der Waals surface area contributed by atoms with Crippen LogP contribution in [0.4, 0.5) is 5.69 Å². The van der Waals surface area contributed by atoms with Crippen molar-refractivity contribution in [2.45, 2.75) is 0 Å². The van der Waals surface area contributed by atoms with Gasteiger partial charge in [0, 0.05) is 0 Å². The Hall–Kier alpha value is -1.88. The lowest BCUT2D eigenvalue weighted by Gasteiger charge is -2.27. The molecule has 0 aliphatic carbocycles. The van der Waals surface area contributed by atoms with Crippen LogP contribution in [0, 0.1) is 0 Å². The van der Waals surface area contributed by atoms with Crippen LogP contribution in [0.1, 0.15) is 0 Å². The van der Waals surface area contributed by atoms with Crippen molar-refractivity contribution in [3.8, 4) is 17.2 Å². The van der Waals surface area contributed by atoms with E-state index in [1.54, 1.807) is 12.1 Å². The van der Waals surface area contributed by atoms with Gasteiger partial charge in [-0.3, -0.25) is 4.90 Å². The number of hydrogen-bond donors (Lipinski definition) is 4. The fourth-order valence-corrected chi connectivity index (χ4v) is 2.14. The van der Waals surface area contributed by atoms with Crippen molar-refractivity contribution in [3.05, 3.63) is 12.1 Å². The Morgan fingerprint density at radius 2 is 1.48 bits per heavy atom. The quantitative estimate of drug-likeness (QED) is 0.342. The summed E-state index contributed by atoms with van der Waals surface area (Å²) in [5.41, 5.74) is 5.17. The molecule has 0 aliphatic rings. The SMILES string of the molecule is COc1ccc(N(C(=S)NN)C(=S)NN)c(OC)c1OC. The van der Waals surface area contributed by atoms with E-state index in [2.05, 4.69) is 10.9 Å². The number of nitrogens with zero attached hydrogens (tertiary/aromatic N) is 1. The zero-order valence-corrected chi connectivity index (χ0v) is 13.4. The summed E-state index contributed by atoms with van der Waals surface area (Å²) in [6.07, 6.45) is 0. The fraction of sp³-hybridized carbons (Fsp3) is 0.273. The zero-order valence-electron chi connectivity index (χ0n) is 11.8. The molecule has 0 aliphatic heterocycles. The minimum atomic E-state index is 0.128. The molecule has 116 valence electrons. The molecule has 6 N–H and O–H groups in total. The lowest BCUT2D eigenvalue weighted by molar-refractivity contribution is 0.325. The Morgan fingerprint density at radius 1 is 0.952 bits per heavy atom. The molecule has 1 rings (SSSR count). The summed E-state index contributed by atoms with van der Waals surface area (Å²) in [4.78, 5) is 1.39. The third-order valence-electron chi connectivity index (χ3n) is 2.58. The van der Waals surface area contributed by atoms with Gasteiger partial charge < -0.3 is 25.1 Å². The first-order valence-electron chi connectivity index (χ1n) is 5.65. The summed E-state index contributed by atoms with van der Waals surface area (Å²) in [5, 5.41) is 0.256. The number of hydrazine groups is 2. The standard InChI is InChI=1S/C11H17N5O3S2/c1-17-7-5-4-6(8(18-2)9(7)19-3)16(10(20)14-12)11(21)15-13/h4-5H,12-13H2,1-3H3,(H,14,20)(H,15,21). The Morgan fingerprint density at radius 3 is 1.86 bits per heavy atom. The molecule has 0 radical (unpaired) electrons. The molecule has 21 heavy (non-hydrogen) atoms. The highest BCUT2D eigenvalue weighted by atomic mass is 32.1. The Labute approximate surface area is 133 Å². The largest absolute Gasteiger partial charge is 0.493 e. The van der Waals surface area contributed by atoms with Crippen LogP contribution in [0.5, 0.6) is 17.2 Å². The van der Waals surface area contributed by atoms with E-state index >= 15 is 0 Å². The van der Waals surface area contributed by atoms with Crippen LogP contribution in [0.3, 0.4) is 0 Å². The van der Waals surface area contributed by atoms with Gasteiger partial charge in [0.2, 0.25) is 5.75 Å². The van der Waals surface area contributed by atoms with Crippen LogP contribution in [0.25, 0.3) is 0 Å². The van der Waals surface area contributed by atoms with Gasteiger partial charge in [-0.05, 0) is 36.6 Å². The molecule has 0 atom stereocenters. The van der Waals surface area contributed by atoms with E-state index in [1.807, 2.05) is 0 Å². The van der Waals surface area contributed by atoms with Crippen molar-refractivity contribution in [2.75, 3.05) is 26.2 Å². The molecule has 0 amide bonds. The summed E-state index contributed by atoms with van der Waals surface area (Å²) in [7, 11) is 4.50. The Balaban J connectivity index is 3.51.